The third kappa shape index (κ3) is 11.4. The highest BCUT2D eigenvalue weighted by Crippen LogP contribution is 2.24. The van der Waals surface area contributed by atoms with Crippen molar-refractivity contribution in [3.05, 3.63) is 82.3 Å². The van der Waals surface area contributed by atoms with Crippen molar-refractivity contribution in [1.82, 2.24) is 5.43 Å². The van der Waals surface area contributed by atoms with E-state index in [1.54, 1.807) is 25.3 Å². The molecule has 0 saturated heterocycles. The molecule has 3 aromatic carbocycles. The van der Waals surface area contributed by atoms with Crippen LogP contribution >= 0.6 is 15.9 Å². The molecule has 39 heavy (non-hydrogen) atoms. The normalized spacial score (nSPS) is 10.8. The molecular weight excluding hydrogens is 560 g/mol. The van der Waals surface area contributed by atoms with E-state index in [-0.39, 0.29) is 12.5 Å². The van der Waals surface area contributed by atoms with E-state index >= 15 is 0 Å². The third-order valence-electron chi connectivity index (χ3n) is 5.85. The van der Waals surface area contributed by atoms with Crippen LogP contribution in [0.2, 0.25) is 0 Å². The standard InChI is InChI=1S/C31H37BrN2O5/c1-3-4-5-6-7-8-18-37-27-12-14-28(15-13-27)38-23-31(35)34-33-21-25-20-29(36-2)16-17-30(25)39-22-24-10-9-11-26(32)19-24/h9-17,19-21H,3-8,18,22-23H2,1-2H3,(H,34,35)/b33-21-. The van der Waals surface area contributed by atoms with Crippen LogP contribution in [0.5, 0.6) is 23.0 Å². The molecule has 7 nitrogen and oxygen atoms in total. The topological polar surface area (TPSA) is 78.4 Å². The lowest BCUT2D eigenvalue weighted by atomic mass is 10.1. The van der Waals surface area contributed by atoms with E-state index in [0.717, 1.165) is 22.2 Å². The van der Waals surface area contributed by atoms with Crippen molar-refractivity contribution in [2.45, 2.75) is 52.1 Å². The number of ether oxygens (including phenoxy) is 4. The van der Waals surface area contributed by atoms with Crippen molar-refractivity contribution >= 4 is 28.1 Å². The van der Waals surface area contributed by atoms with Crippen LogP contribution in [0.1, 0.15) is 56.6 Å². The lowest BCUT2D eigenvalue weighted by Crippen LogP contribution is -2.24. The van der Waals surface area contributed by atoms with Crippen LogP contribution in [-0.4, -0.2) is 32.4 Å². The number of halogens is 1. The van der Waals surface area contributed by atoms with Gasteiger partial charge in [-0.15, -0.1) is 0 Å². The molecule has 0 aliphatic rings. The Bertz CT molecular complexity index is 1180. The number of carbonyl (C=O) groups excluding carboxylic acids is 1. The summed E-state index contributed by atoms with van der Waals surface area (Å²) in [6.07, 6.45) is 8.88. The quantitative estimate of drug-likeness (QED) is 0.100. The van der Waals surface area contributed by atoms with Gasteiger partial charge >= 0.3 is 0 Å². The zero-order valence-corrected chi connectivity index (χ0v) is 24.2. The summed E-state index contributed by atoms with van der Waals surface area (Å²) in [5, 5.41) is 4.07. The molecule has 0 unspecified atom stereocenters. The summed E-state index contributed by atoms with van der Waals surface area (Å²) in [7, 11) is 1.59. The van der Waals surface area contributed by atoms with Crippen LogP contribution in [0.15, 0.2) is 76.3 Å². The molecule has 0 radical (unpaired) electrons. The first-order chi connectivity index (χ1) is 19.1. The highest BCUT2D eigenvalue weighted by molar-refractivity contribution is 9.10. The van der Waals surface area contributed by atoms with E-state index < -0.39 is 0 Å². The maximum atomic E-state index is 12.3. The summed E-state index contributed by atoms with van der Waals surface area (Å²) < 4.78 is 23.6. The number of amides is 1. The average Bonchev–Trinajstić information content (AvgIpc) is 2.95. The molecule has 3 aromatic rings. The molecule has 0 aromatic heterocycles. The number of benzene rings is 3. The van der Waals surface area contributed by atoms with Crippen LogP contribution in [-0.2, 0) is 11.4 Å². The highest BCUT2D eigenvalue weighted by atomic mass is 79.9. The van der Waals surface area contributed by atoms with Gasteiger partial charge in [0.25, 0.3) is 5.91 Å². The lowest BCUT2D eigenvalue weighted by molar-refractivity contribution is -0.123. The van der Waals surface area contributed by atoms with Crippen LogP contribution < -0.4 is 24.4 Å². The van der Waals surface area contributed by atoms with Gasteiger partial charge < -0.3 is 18.9 Å². The Labute approximate surface area is 239 Å². The predicted molar refractivity (Wildman–Crippen MR) is 158 cm³/mol. The van der Waals surface area contributed by atoms with Gasteiger partial charge in [-0.2, -0.15) is 5.10 Å². The second kappa shape index (κ2) is 17.1. The van der Waals surface area contributed by atoms with E-state index in [1.807, 2.05) is 48.5 Å². The van der Waals surface area contributed by atoms with Gasteiger partial charge in [0.1, 0.15) is 29.6 Å². The Morgan fingerprint density at radius 3 is 2.33 bits per heavy atom. The van der Waals surface area contributed by atoms with Gasteiger partial charge in [-0.05, 0) is 66.6 Å². The number of carbonyl (C=O) groups is 1. The van der Waals surface area contributed by atoms with Crippen molar-refractivity contribution in [1.29, 1.82) is 0 Å². The van der Waals surface area contributed by atoms with Crippen molar-refractivity contribution in [3.8, 4) is 23.0 Å². The van der Waals surface area contributed by atoms with Crippen molar-refractivity contribution in [2.75, 3.05) is 20.3 Å². The number of unbranched alkanes of at least 4 members (excludes halogenated alkanes) is 5. The van der Waals surface area contributed by atoms with Gasteiger partial charge in [-0.1, -0.05) is 67.1 Å². The highest BCUT2D eigenvalue weighted by Gasteiger charge is 2.07. The number of hydrogen-bond acceptors (Lipinski definition) is 6. The Balaban J connectivity index is 1.43. The molecule has 208 valence electrons. The molecule has 0 heterocycles. The second-order valence-electron chi connectivity index (χ2n) is 8.99. The Morgan fingerprint density at radius 1 is 0.872 bits per heavy atom. The molecule has 8 heteroatoms. The molecule has 1 N–H and O–H groups in total. The smallest absolute Gasteiger partial charge is 0.277 e. The Morgan fingerprint density at radius 2 is 1.59 bits per heavy atom. The fraction of sp³-hybridized carbons (Fsp3) is 0.355. The first kappa shape index (κ1) is 30.0. The molecule has 0 aliphatic heterocycles. The number of methoxy groups -OCH3 is 1. The first-order valence-electron chi connectivity index (χ1n) is 13.3. The lowest BCUT2D eigenvalue weighted by Gasteiger charge is -2.11. The molecule has 3 rings (SSSR count). The van der Waals surface area contributed by atoms with Crippen molar-refractivity contribution in [3.63, 3.8) is 0 Å². The average molecular weight is 598 g/mol. The number of rotatable bonds is 17. The summed E-state index contributed by atoms with van der Waals surface area (Å²) in [5.41, 5.74) is 4.18. The second-order valence-corrected chi connectivity index (χ2v) is 9.91. The third-order valence-corrected chi connectivity index (χ3v) is 6.35. The molecule has 0 bridgehead atoms. The van der Waals surface area contributed by atoms with Crippen LogP contribution in [0, 0.1) is 0 Å². The molecule has 0 fully saturated rings. The predicted octanol–water partition coefficient (Wildman–Crippen LogP) is 7.31. The maximum Gasteiger partial charge on any atom is 0.277 e. The number of nitrogens with zero attached hydrogens (tertiary/aromatic N) is 1. The number of nitrogens with one attached hydrogen (secondary N) is 1. The largest absolute Gasteiger partial charge is 0.497 e. The minimum Gasteiger partial charge on any atom is -0.497 e. The van der Waals surface area contributed by atoms with Crippen LogP contribution in [0.3, 0.4) is 0 Å². The van der Waals surface area contributed by atoms with Crippen LogP contribution in [0.4, 0.5) is 0 Å². The van der Waals surface area contributed by atoms with Gasteiger partial charge in [-0.3, -0.25) is 4.79 Å². The van der Waals surface area contributed by atoms with Gasteiger partial charge in [-0.25, -0.2) is 5.43 Å². The summed E-state index contributed by atoms with van der Waals surface area (Å²) in [5.74, 6) is 2.26. The van der Waals surface area contributed by atoms with Gasteiger partial charge in [0.15, 0.2) is 6.61 Å². The van der Waals surface area contributed by atoms with E-state index in [2.05, 4.69) is 33.4 Å². The SMILES string of the molecule is CCCCCCCCOc1ccc(OCC(=O)N/N=C\c2cc(OC)ccc2OCc2cccc(Br)c2)cc1. The molecule has 0 atom stereocenters. The van der Waals surface area contributed by atoms with Gasteiger partial charge in [0.2, 0.25) is 0 Å². The number of hydrazone groups is 1. The first-order valence-corrected chi connectivity index (χ1v) is 14.1. The minimum atomic E-state index is -0.380. The molecule has 0 spiro atoms. The fourth-order valence-electron chi connectivity index (χ4n) is 3.73. The van der Waals surface area contributed by atoms with E-state index in [0.29, 0.717) is 36.0 Å². The summed E-state index contributed by atoms with van der Waals surface area (Å²) >= 11 is 3.47. The van der Waals surface area contributed by atoms with Crippen molar-refractivity contribution in [2.24, 2.45) is 5.10 Å². The summed E-state index contributed by atoms with van der Waals surface area (Å²) in [6, 6.07) is 20.6. The molecule has 0 saturated carbocycles. The maximum absolute atomic E-state index is 12.3. The summed E-state index contributed by atoms with van der Waals surface area (Å²) in [4.78, 5) is 12.3. The number of hydrogen-bond donors (Lipinski definition) is 1. The van der Waals surface area contributed by atoms with E-state index in [1.165, 1.54) is 38.3 Å². The van der Waals surface area contributed by atoms with Gasteiger partial charge in [0.05, 0.1) is 19.9 Å². The summed E-state index contributed by atoms with van der Waals surface area (Å²) in [6.45, 7) is 3.14. The van der Waals surface area contributed by atoms with Crippen molar-refractivity contribution < 1.29 is 23.7 Å². The van der Waals surface area contributed by atoms with E-state index in [9.17, 15) is 4.79 Å². The minimum absolute atomic E-state index is 0.167. The zero-order chi connectivity index (χ0) is 27.7. The van der Waals surface area contributed by atoms with Crippen LogP contribution in [0.25, 0.3) is 0 Å². The van der Waals surface area contributed by atoms with Gasteiger partial charge in [0, 0.05) is 10.0 Å². The molecule has 0 aliphatic carbocycles. The molecular formula is C31H37BrN2O5. The zero-order valence-electron chi connectivity index (χ0n) is 22.7. The fourth-order valence-corrected chi connectivity index (χ4v) is 4.18. The van der Waals surface area contributed by atoms with E-state index in [4.69, 9.17) is 18.9 Å². The molecule has 1 amide bonds. The Hall–Kier alpha value is -3.52. The Kier molecular flexibility index (Phi) is 13.2. The monoisotopic (exact) mass is 596 g/mol.